The highest BCUT2D eigenvalue weighted by Crippen LogP contribution is 2.20. The lowest BCUT2D eigenvalue weighted by molar-refractivity contribution is -0.142. The van der Waals surface area contributed by atoms with Gasteiger partial charge in [0.05, 0.1) is 6.61 Å². The Morgan fingerprint density at radius 2 is 2.00 bits per heavy atom. The second-order valence-corrected chi connectivity index (χ2v) is 10.7. The Morgan fingerprint density at radius 1 is 1.20 bits per heavy atom. The molecule has 0 aromatic carbocycles. The van der Waals surface area contributed by atoms with Crippen molar-refractivity contribution in [1.82, 2.24) is 15.2 Å². The molecular weight excluding hydrogens is 444 g/mol. The van der Waals surface area contributed by atoms with E-state index in [1.54, 1.807) is 0 Å². The standard InChI is InChI=1S/C27H46N4O4/c1-5-18-35-19-17-31(16-13-23(26(33)34)30-24(32)20-27(2,3)4)15-7-6-10-22-12-11-21-9-8-14-28-25(21)29-22/h11-12,23H,5-10,13-20H2,1-4H3,(H,28,29)(H,30,32)(H,33,34). The van der Waals surface area contributed by atoms with Gasteiger partial charge in [0.15, 0.2) is 0 Å². The van der Waals surface area contributed by atoms with Crippen LogP contribution in [0.3, 0.4) is 0 Å². The molecule has 2 heterocycles. The number of aromatic nitrogens is 1. The summed E-state index contributed by atoms with van der Waals surface area (Å²) in [6.07, 6.45) is 6.85. The lowest BCUT2D eigenvalue weighted by Gasteiger charge is -2.25. The Kier molecular flexibility index (Phi) is 12.5. The Bertz CT molecular complexity index is 794. The lowest BCUT2D eigenvalue weighted by Crippen LogP contribution is -2.44. The van der Waals surface area contributed by atoms with Crippen molar-refractivity contribution >= 4 is 17.7 Å². The molecule has 0 fully saturated rings. The third-order valence-corrected chi connectivity index (χ3v) is 6.07. The molecule has 1 amide bonds. The molecule has 0 spiro atoms. The number of nitrogens with zero attached hydrogens (tertiary/aromatic N) is 2. The average Bonchev–Trinajstić information content (AvgIpc) is 2.80. The third-order valence-electron chi connectivity index (χ3n) is 6.07. The van der Waals surface area contributed by atoms with Gasteiger partial charge in [0.25, 0.3) is 0 Å². The van der Waals surface area contributed by atoms with Crippen LogP contribution in [0.25, 0.3) is 0 Å². The maximum absolute atomic E-state index is 12.3. The number of carboxylic acids is 1. The summed E-state index contributed by atoms with van der Waals surface area (Å²) >= 11 is 0. The van der Waals surface area contributed by atoms with Crippen molar-refractivity contribution in [1.29, 1.82) is 0 Å². The van der Waals surface area contributed by atoms with Gasteiger partial charge in [-0.05, 0) is 68.5 Å². The molecule has 8 nitrogen and oxygen atoms in total. The molecule has 198 valence electrons. The minimum absolute atomic E-state index is 0.182. The minimum Gasteiger partial charge on any atom is -0.480 e. The SMILES string of the molecule is CCCOCCN(CCCCc1ccc2c(n1)NCCC2)CCC(NC(=O)CC(C)(C)C)C(=O)O. The summed E-state index contributed by atoms with van der Waals surface area (Å²) in [4.78, 5) is 31.1. The number of pyridine rings is 1. The third kappa shape index (κ3) is 11.9. The summed E-state index contributed by atoms with van der Waals surface area (Å²) in [6.45, 7) is 12.6. The number of aryl methyl sites for hydroxylation is 2. The summed E-state index contributed by atoms with van der Waals surface area (Å²) in [6, 6.07) is 3.46. The van der Waals surface area contributed by atoms with E-state index in [1.807, 2.05) is 20.8 Å². The summed E-state index contributed by atoms with van der Waals surface area (Å²) in [7, 11) is 0. The van der Waals surface area contributed by atoms with Gasteiger partial charge in [-0.2, -0.15) is 0 Å². The van der Waals surface area contributed by atoms with E-state index in [-0.39, 0.29) is 11.3 Å². The fourth-order valence-electron chi connectivity index (χ4n) is 4.22. The fourth-order valence-corrected chi connectivity index (χ4v) is 4.22. The first-order valence-corrected chi connectivity index (χ1v) is 13.2. The van der Waals surface area contributed by atoms with Crippen LogP contribution in [-0.2, 0) is 27.2 Å². The molecule has 0 radical (unpaired) electrons. The highest BCUT2D eigenvalue weighted by atomic mass is 16.5. The first-order valence-electron chi connectivity index (χ1n) is 13.2. The summed E-state index contributed by atoms with van der Waals surface area (Å²) in [5.74, 6) is -0.159. The summed E-state index contributed by atoms with van der Waals surface area (Å²) in [5.41, 5.74) is 2.24. The van der Waals surface area contributed by atoms with Gasteiger partial charge in [0.1, 0.15) is 11.9 Å². The van der Waals surface area contributed by atoms with E-state index in [2.05, 4.69) is 34.6 Å². The van der Waals surface area contributed by atoms with Crippen LogP contribution in [0, 0.1) is 5.41 Å². The van der Waals surface area contributed by atoms with Gasteiger partial charge < -0.3 is 25.4 Å². The number of ether oxygens (including phenoxy) is 1. The molecule has 2 rings (SSSR count). The first kappa shape index (κ1) is 29.0. The van der Waals surface area contributed by atoms with E-state index in [0.717, 1.165) is 76.3 Å². The van der Waals surface area contributed by atoms with E-state index in [0.29, 0.717) is 26.0 Å². The van der Waals surface area contributed by atoms with Crippen molar-refractivity contribution in [3.05, 3.63) is 23.4 Å². The molecule has 0 bridgehead atoms. The number of anilines is 1. The number of rotatable bonds is 16. The largest absolute Gasteiger partial charge is 0.480 e. The molecule has 8 heteroatoms. The Balaban J connectivity index is 1.83. The molecule has 0 aliphatic carbocycles. The number of unbranched alkanes of at least 4 members (excludes halogenated alkanes) is 1. The van der Waals surface area contributed by atoms with Crippen LogP contribution < -0.4 is 10.6 Å². The van der Waals surface area contributed by atoms with Gasteiger partial charge in [0.2, 0.25) is 5.91 Å². The molecule has 1 aromatic heterocycles. The number of aliphatic carboxylic acids is 1. The van der Waals surface area contributed by atoms with Crippen molar-refractivity contribution in [2.24, 2.45) is 5.41 Å². The lowest BCUT2D eigenvalue weighted by atomic mass is 9.92. The van der Waals surface area contributed by atoms with Crippen molar-refractivity contribution in [3.63, 3.8) is 0 Å². The number of nitrogens with one attached hydrogen (secondary N) is 2. The molecule has 1 atom stereocenters. The van der Waals surface area contributed by atoms with Crippen molar-refractivity contribution < 1.29 is 19.4 Å². The quantitative estimate of drug-likeness (QED) is 0.302. The molecule has 0 saturated carbocycles. The second kappa shape index (κ2) is 15.0. The van der Waals surface area contributed by atoms with Gasteiger partial charge >= 0.3 is 5.97 Å². The Morgan fingerprint density at radius 3 is 2.71 bits per heavy atom. The van der Waals surface area contributed by atoms with Crippen LogP contribution in [0.15, 0.2) is 12.1 Å². The van der Waals surface area contributed by atoms with Gasteiger partial charge in [-0.1, -0.05) is 33.8 Å². The average molecular weight is 491 g/mol. The summed E-state index contributed by atoms with van der Waals surface area (Å²) in [5, 5.41) is 15.7. The second-order valence-electron chi connectivity index (χ2n) is 10.7. The number of amides is 1. The normalized spacial score (nSPS) is 14.3. The van der Waals surface area contributed by atoms with Crippen molar-refractivity contribution in [2.75, 3.05) is 44.7 Å². The van der Waals surface area contributed by atoms with Gasteiger partial charge in [-0.3, -0.25) is 4.79 Å². The van der Waals surface area contributed by atoms with E-state index >= 15 is 0 Å². The van der Waals surface area contributed by atoms with Crippen LogP contribution in [0.1, 0.15) is 77.5 Å². The fraction of sp³-hybridized carbons (Fsp3) is 0.741. The van der Waals surface area contributed by atoms with E-state index in [1.165, 1.54) is 5.56 Å². The van der Waals surface area contributed by atoms with Crippen LogP contribution in [-0.4, -0.2) is 72.3 Å². The predicted molar refractivity (Wildman–Crippen MR) is 140 cm³/mol. The highest BCUT2D eigenvalue weighted by Gasteiger charge is 2.24. The molecular formula is C27H46N4O4. The summed E-state index contributed by atoms with van der Waals surface area (Å²) < 4.78 is 5.67. The molecule has 1 aliphatic rings. The molecule has 3 N–H and O–H groups in total. The number of carbonyl (C=O) groups excluding carboxylic acids is 1. The predicted octanol–water partition coefficient (Wildman–Crippen LogP) is 3.89. The number of hydrogen-bond acceptors (Lipinski definition) is 6. The van der Waals surface area contributed by atoms with E-state index < -0.39 is 12.0 Å². The minimum atomic E-state index is -0.985. The molecule has 1 aromatic rings. The first-order chi connectivity index (χ1) is 16.7. The number of fused-ring (bicyclic) bond motifs is 1. The molecule has 35 heavy (non-hydrogen) atoms. The Hall–Kier alpha value is -2.19. The monoisotopic (exact) mass is 490 g/mol. The molecule has 1 aliphatic heterocycles. The topological polar surface area (TPSA) is 104 Å². The number of carbonyl (C=O) groups is 2. The smallest absolute Gasteiger partial charge is 0.326 e. The van der Waals surface area contributed by atoms with Crippen molar-refractivity contribution in [3.8, 4) is 0 Å². The van der Waals surface area contributed by atoms with Crippen LogP contribution in [0.4, 0.5) is 5.82 Å². The van der Waals surface area contributed by atoms with Crippen LogP contribution in [0.5, 0.6) is 0 Å². The zero-order valence-corrected chi connectivity index (χ0v) is 22.2. The van der Waals surface area contributed by atoms with E-state index in [9.17, 15) is 14.7 Å². The van der Waals surface area contributed by atoms with E-state index in [4.69, 9.17) is 9.72 Å². The zero-order valence-electron chi connectivity index (χ0n) is 22.2. The Labute approximate surface area is 211 Å². The molecule has 0 saturated heterocycles. The number of hydrogen-bond donors (Lipinski definition) is 3. The molecule has 1 unspecified atom stereocenters. The van der Waals surface area contributed by atoms with Gasteiger partial charge in [0, 0.05) is 38.4 Å². The van der Waals surface area contributed by atoms with Crippen LogP contribution >= 0.6 is 0 Å². The highest BCUT2D eigenvalue weighted by molar-refractivity contribution is 5.83. The maximum atomic E-state index is 12.3. The maximum Gasteiger partial charge on any atom is 0.326 e. The number of carboxylic acid groups (broad SMARTS) is 1. The van der Waals surface area contributed by atoms with Gasteiger partial charge in [-0.25, -0.2) is 9.78 Å². The van der Waals surface area contributed by atoms with Crippen LogP contribution in [0.2, 0.25) is 0 Å². The van der Waals surface area contributed by atoms with Crippen molar-refractivity contribution in [2.45, 2.75) is 85.1 Å². The van der Waals surface area contributed by atoms with Gasteiger partial charge in [-0.15, -0.1) is 0 Å². The zero-order chi connectivity index (χ0) is 25.7.